The number of ether oxygens (including phenoxy) is 2. The molecular weight excluding hydrogens is 572 g/mol. The maximum absolute atomic E-state index is 13.3. The van der Waals surface area contributed by atoms with Gasteiger partial charge in [-0.3, -0.25) is 14.9 Å². The Kier molecular flexibility index (Phi) is 8.99. The number of halogens is 1. The van der Waals surface area contributed by atoms with E-state index >= 15 is 0 Å². The number of rotatable bonds is 10. The second kappa shape index (κ2) is 12.4. The van der Waals surface area contributed by atoms with Crippen molar-refractivity contribution < 1.29 is 36.5 Å². The Hall–Kier alpha value is -4.35. The molecule has 0 aromatic heterocycles. The topological polar surface area (TPSA) is 128 Å². The summed E-state index contributed by atoms with van der Waals surface area (Å²) >= 11 is 6.42. The minimum atomic E-state index is -4.25. The number of nitrogens with one attached hydrogen (secondary N) is 1. The molecule has 0 atom stereocenters. The zero-order valence-electron chi connectivity index (χ0n) is 22.5. The van der Waals surface area contributed by atoms with Crippen LogP contribution in [0.15, 0.2) is 71.1 Å². The van der Waals surface area contributed by atoms with Crippen molar-refractivity contribution in [3.05, 3.63) is 82.4 Å². The van der Waals surface area contributed by atoms with Gasteiger partial charge >= 0.3 is 16.1 Å². The standard InChI is InChI=1S/C29H27ClN2O8S/c1-4-14-39-21-10-8-20(9-11-21)32-28(34)23(27(33)31-29(32)35)15-19-16-24(30)26(25(17-19)38-5-2)40-41(36,37)22-12-6-18(3)7-13-22/h6-13,15-17H,4-5,14H2,1-3H3,(H,31,33,35)/b23-15-. The van der Waals surface area contributed by atoms with Crippen LogP contribution in [0.5, 0.6) is 17.2 Å². The molecule has 4 rings (SSSR count). The van der Waals surface area contributed by atoms with Crippen molar-refractivity contribution in [2.45, 2.75) is 32.1 Å². The van der Waals surface area contributed by atoms with E-state index in [2.05, 4.69) is 5.32 Å². The number of barbiturate groups is 1. The lowest BCUT2D eigenvalue weighted by atomic mass is 10.1. The molecule has 12 heteroatoms. The largest absolute Gasteiger partial charge is 0.494 e. The average Bonchev–Trinajstić information content (AvgIpc) is 2.93. The summed E-state index contributed by atoms with van der Waals surface area (Å²) in [5, 5.41) is 2.01. The van der Waals surface area contributed by atoms with Gasteiger partial charge in [-0.2, -0.15) is 8.42 Å². The average molecular weight is 599 g/mol. The summed E-state index contributed by atoms with van der Waals surface area (Å²) in [7, 11) is -4.25. The number of amides is 4. The third-order valence-corrected chi connectivity index (χ3v) is 7.33. The van der Waals surface area contributed by atoms with Crippen LogP contribution >= 0.6 is 11.6 Å². The number of nitrogens with zero attached hydrogens (tertiary/aromatic N) is 1. The Morgan fingerprint density at radius 3 is 2.27 bits per heavy atom. The van der Waals surface area contributed by atoms with Gasteiger partial charge in [-0.05, 0) is 80.4 Å². The maximum atomic E-state index is 13.3. The molecule has 0 unspecified atom stereocenters. The molecule has 1 aliphatic heterocycles. The molecule has 1 heterocycles. The van der Waals surface area contributed by atoms with Crippen LogP contribution in [0.2, 0.25) is 5.02 Å². The van der Waals surface area contributed by atoms with Crippen LogP contribution in [-0.4, -0.2) is 39.5 Å². The first-order valence-corrected chi connectivity index (χ1v) is 14.4. The maximum Gasteiger partial charge on any atom is 0.339 e. The lowest BCUT2D eigenvalue weighted by Gasteiger charge is -2.26. The van der Waals surface area contributed by atoms with Crippen molar-refractivity contribution in [3.8, 4) is 17.2 Å². The Bertz CT molecular complexity index is 1620. The third kappa shape index (κ3) is 6.69. The normalized spacial score (nSPS) is 14.7. The Balaban J connectivity index is 1.67. The fraction of sp³-hybridized carbons (Fsp3) is 0.207. The van der Waals surface area contributed by atoms with E-state index in [9.17, 15) is 22.8 Å². The molecule has 41 heavy (non-hydrogen) atoms. The van der Waals surface area contributed by atoms with E-state index in [-0.39, 0.29) is 44.8 Å². The smallest absolute Gasteiger partial charge is 0.339 e. The second-order valence-electron chi connectivity index (χ2n) is 8.91. The first kappa shape index (κ1) is 29.6. The number of imide groups is 2. The number of hydrogen-bond acceptors (Lipinski definition) is 8. The zero-order chi connectivity index (χ0) is 29.7. The summed E-state index contributed by atoms with van der Waals surface area (Å²) in [6.45, 7) is 6.11. The number of benzene rings is 3. The van der Waals surface area contributed by atoms with E-state index in [1.54, 1.807) is 31.2 Å². The second-order valence-corrected chi connectivity index (χ2v) is 10.9. The van der Waals surface area contributed by atoms with Crippen molar-refractivity contribution in [1.82, 2.24) is 5.32 Å². The number of carbonyl (C=O) groups excluding carboxylic acids is 3. The summed E-state index contributed by atoms with van der Waals surface area (Å²) in [4.78, 5) is 39.3. The van der Waals surface area contributed by atoms with Gasteiger partial charge in [0.2, 0.25) is 5.75 Å². The first-order chi connectivity index (χ1) is 19.5. The van der Waals surface area contributed by atoms with Crippen LogP contribution in [0.25, 0.3) is 6.08 Å². The van der Waals surface area contributed by atoms with Gasteiger partial charge in [0.15, 0.2) is 5.75 Å². The molecule has 0 aliphatic carbocycles. The molecule has 1 N–H and O–H groups in total. The van der Waals surface area contributed by atoms with Crippen LogP contribution in [0.4, 0.5) is 10.5 Å². The molecule has 0 bridgehead atoms. The summed E-state index contributed by atoms with van der Waals surface area (Å²) in [5.41, 5.74) is 0.979. The molecule has 4 amide bonds. The third-order valence-electron chi connectivity index (χ3n) is 5.81. The van der Waals surface area contributed by atoms with Gasteiger partial charge in [-0.15, -0.1) is 0 Å². The quantitative estimate of drug-likeness (QED) is 0.190. The van der Waals surface area contributed by atoms with Gasteiger partial charge in [0.1, 0.15) is 16.2 Å². The Morgan fingerprint density at radius 2 is 1.63 bits per heavy atom. The summed E-state index contributed by atoms with van der Waals surface area (Å²) in [5.74, 6) is -1.48. The van der Waals surface area contributed by atoms with E-state index in [4.69, 9.17) is 25.3 Å². The highest BCUT2D eigenvalue weighted by atomic mass is 35.5. The molecule has 1 aliphatic rings. The number of aryl methyl sites for hydroxylation is 1. The van der Waals surface area contributed by atoms with Gasteiger partial charge in [0, 0.05) is 0 Å². The molecule has 1 fully saturated rings. The molecular formula is C29H27ClN2O8S. The summed E-state index contributed by atoms with van der Waals surface area (Å²) < 4.78 is 42.2. The first-order valence-electron chi connectivity index (χ1n) is 12.7. The van der Waals surface area contributed by atoms with E-state index in [1.807, 2.05) is 13.8 Å². The number of hydrogen-bond donors (Lipinski definition) is 1. The van der Waals surface area contributed by atoms with Crippen LogP contribution in [0.1, 0.15) is 31.4 Å². The Labute approximate surface area is 242 Å². The molecule has 1 saturated heterocycles. The Morgan fingerprint density at radius 1 is 0.951 bits per heavy atom. The predicted molar refractivity (Wildman–Crippen MR) is 153 cm³/mol. The SMILES string of the molecule is CCCOc1ccc(N2C(=O)NC(=O)/C(=C/c3cc(Cl)c(OS(=O)(=O)c4ccc(C)cc4)c(OCC)c3)C2=O)cc1. The molecule has 0 saturated carbocycles. The van der Waals surface area contributed by atoms with Gasteiger partial charge in [0.25, 0.3) is 11.8 Å². The van der Waals surface area contributed by atoms with E-state index in [1.165, 1.54) is 42.5 Å². The summed E-state index contributed by atoms with van der Waals surface area (Å²) in [6, 6.07) is 14.1. The monoisotopic (exact) mass is 598 g/mol. The van der Waals surface area contributed by atoms with Crippen LogP contribution in [-0.2, 0) is 19.7 Å². The van der Waals surface area contributed by atoms with E-state index < -0.39 is 28.0 Å². The molecule has 3 aromatic rings. The van der Waals surface area contributed by atoms with Gasteiger partial charge in [-0.1, -0.05) is 36.2 Å². The minimum Gasteiger partial charge on any atom is -0.494 e. The molecule has 10 nitrogen and oxygen atoms in total. The van der Waals surface area contributed by atoms with Crippen molar-refractivity contribution in [1.29, 1.82) is 0 Å². The molecule has 3 aromatic carbocycles. The molecule has 0 radical (unpaired) electrons. The highest BCUT2D eigenvalue weighted by molar-refractivity contribution is 7.87. The number of urea groups is 1. The number of anilines is 1. The van der Waals surface area contributed by atoms with Crippen molar-refractivity contribution in [2.75, 3.05) is 18.1 Å². The highest BCUT2D eigenvalue weighted by Gasteiger charge is 2.37. The number of carbonyl (C=O) groups is 3. The lowest BCUT2D eigenvalue weighted by molar-refractivity contribution is -0.122. The van der Waals surface area contributed by atoms with Crippen LogP contribution in [0, 0.1) is 6.92 Å². The van der Waals surface area contributed by atoms with E-state index in [0.29, 0.717) is 12.4 Å². The summed E-state index contributed by atoms with van der Waals surface area (Å²) in [6.07, 6.45) is 2.04. The zero-order valence-corrected chi connectivity index (χ0v) is 24.0. The van der Waals surface area contributed by atoms with Gasteiger partial charge in [-0.25, -0.2) is 9.69 Å². The van der Waals surface area contributed by atoms with Crippen molar-refractivity contribution in [3.63, 3.8) is 0 Å². The van der Waals surface area contributed by atoms with Crippen molar-refractivity contribution in [2.24, 2.45) is 0 Å². The van der Waals surface area contributed by atoms with Gasteiger partial charge in [0.05, 0.1) is 23.9 Å². The molecule has 0 spiro atoms. The van der Waals surface area contributed by atoms with Crippen LogP contribution in [0.3, 0.4) is 0 Å². The van der Waals surface area contributed by atoms with Crippen LogP contribution < -0.4 is 23.9 Å². The fourth-order valence-electron chi connectivity index (χ4n) is 3.85. The molecule has 214 valence electrons. The minimum absolute atomic E-state index is 0.0261. The van der Waals surface area contributed by atoms with Crippen molar-refractivity contribution >= 4 is 51.3 Å². The van der Waals surface area contributed by atoms with Gasteiger partial charge < -0.3 is 13.7 Å². The predicted octanol–water partition coefficient (Wildman–Crippen LogP) is 5.27. The fourth-order valence-corrected chi connectivity index (χ4v) is 5.11. The highest BCUT2D eigenvalue weighted by Crippen LogP contribution is 2.39. The van der Waals surface area contributed by atoms with E-state index in [0.717, 1.165) is 16.9 Å². The lowest BCUT2D eigenvalue weighted by Crippen LogP contribution is -2.54.